The number of H-pyrrole nitrogens is 1. The van der Waals surface area contributed by atoms with Crippen LogP contribution in [0, 0.1) is 0 Å². The van der Waals surface area contributed by atoms with Crippen LogP contribution in [0.15, 0.2) is 12.3 Å². The summed E-state index contributed by atoms with van der Waals surface area (Å²) < 4.78 is 0. The number of fused-ring (bicyclic) bond motifs is 1. The zero-order valence-electron chi connectivity index (χ0n) is 9.99. The second-order valence-corrected chi connectivity index (χ2v) is 5.12. The molecular weight excluding hydrogens is 250 g/mol. The van der Waals surface area contributed by atoms with E-state index in [0.717, 1.165) is 29.7 Å². The van der Waals surface area contributed by atoms with Gasteiger partial charge < -0.3 is 16.0 Å². The van der Waals surface area contributed by atoms with Gasteiger partial charge in [-0.3, -0.25) is 0 Å². The molecule has 0 aliphatic heterocycles. The summed E-state index contributed by atoms with van der Waals surface area (Å²) in [4.78, 5) is 11.4. The first-order chi connectivity index (χ1) is 8.74. The molecule has 2 aromatic heterocycles. The minimum Gasteiger partial charge on any atom is -0.365 e. The third-order valence-electron chi connectivity index (χ3n) is 3.53. The van der Waals surface area contributed by atoms with E-state index in [9.17, 15) is 0 Å². The molecule has 3 rings (SSSR count). The maximum atomic E-state index is 6.14. The highest BCUT2D eigenvalue weighted by molar-refractivity contribution is 6.28. The Labute approximate surface area is 110 Å². The molecule has 1 aliphatic rings. The number of aromatic nitrogens is 3. The summed E-state index contributed by atoms with van der Waals surface area (Å²) in [5.41, 5.74) is 6.89. The molecule has 1 saturated carbocycles. The Kier molecular flexibility index (Phi) is 3.09. The number of anilines is 1. The number of hydrogen-bond acceptors (Lipinski definition) is 4. The van der Waals surface area contributed by atoms with E-state index in [-0.39, 0.29) is 17.4 Å². The number of nitrogens with two attached hydrogens (primary N) is 1. The minimum absolute atomic E-state index is 0.182. The number of hydrogen-bond donors (Lipinski definition) is 3. The summed E-state index contributed by atoms with van der Waals surface area (Å²) in [6.45, 7) is 0. The Hall–Kier alpha value is -1.33. The lowest BCUT2D eigenvalue weighted by Gasteiger charge is -2.29. The molecule has 2 heterocycles. The van der Waals surface area contributed by atoms with Gasteiger partial charge in [0.25, 0.3) is 0 Å². The fourth-order valence-electron chi connectivity index (χ4n) is 2.54. The van der Waals surface area contributed by atoms with Crippen molar-refractivity contribution >= 4 is 28.5 Å². The quantitative estimate of drug-likeness (QED) is 0.728. The molecule has 4 N–H and O–H groups in total. The van der Waals surface area contributed by atoms with E-state index in [1.807, 2.05) is 12.3 Å². The summed E-state index contributed by atoms with van der Waals surface area (Å²) in [6, 6.07) is 2.40. The number of aromatic amines is 1. The summed E-state index contributed by atoms with van der Waals surface area (Å²) >= 11 is 5.92. The summed E-state index contributed by atoms with van der Waals surface area (Å²) in [5.74, 6) is 0.772. The predicted molar refractivity (Wildman–Crippen MR) is 72.8 cm³/mol. The number of nitrogens with zero attached hydrogens (tertiary/aromatic N) is 2. The Morgan fingerprint density at radius 3 is 3.00 bits per heavy atom. The van der Waals surface area contributed by atoms with Crippen LogP contribution in [-0.2, 0) is 0 Å². The van der Waals surface area contributed by atoms with E-state index >= 15 is 0 Å². The molecule has 18 heavy (non-hydrogen) atoms. The van der Waals surface area contributed by atoms with Gasteiger partial charge in [0.05, 0.1) is 5.39 Å². The lowest BCUT2D eigenvalue weighted by Crippen LogP contribution is -2.42. The van der Waals surface area contributed by atoms with Crippen LogP contribution in [0.4, 0.5) is 5.82 Å². The van der Waals surface area contributed by atoms with Crippen LogP contribution >= 0.6 is 11.6 Å². The first-order valence-electron chi connectivity index (χ1n) is 6.27. The van der Waals surface area contributed by atoms with Crippen molar-refractivity contribution in [2.24, 2.45) is 5.73 Å². The molecule has 0 amide bonds. The lowest BCUT2D eigenvalue weighted by molar-refractivity contribution is 0.403. The van der Waals surface area contributed by atoms with E-state index in [1.165, 1.54) is 12.8 Å². The zero-order chi connectivity index (χ0) is 12.5. The van der Waals surface area contributed by atoms with Gasteiger partial charge in [0, 0.05) is 18.3 Å². The normalized spacial score (nSPS) is 24.3. The molecule has 2 aromatic rings. The fourth-order valence-corrected chi connectivity index (χ4v) is 2.71. The van der Waals surface area contributed by atoms with Crippen LogP contribution in [0.1, 0.15) is 25.7 Å². The Morgan fingerprint density at radius 2 is 2.17 bits per heavy atom. The Morgan fingerprint density at radius 1 is 1.33 bits per heavy atom. The summed E-state index contributed by atoms with van der Waals surface area (Å²) in [6.07, 6.45) is 6.40. The van der Waals surface area contributed by atoms with E-state index in [1.54, 1.807) is 0 Å². The van der Waals surface area contributed by atoms with Crippen LogP contribution in [0.2, 0.25) is 5.28 Å². The fraction of sp³-hybridized carbons (Fsp3) is 0.500. The van der Waals surface area contributed by atoms with E-state index < -0.39 is 0 Å². The first kappa shape index (κ1) is 11.7. The van der Waals surface area contributed by atoms with Gasteiger partial charge in [0.15, 0.2) is 0 Å². The maximum Gasteiger partial charge on any atom is 0.226 e. The zero-order valence-corrected chi connectivity index (χ0v) is 10.7. The van der Waals surface area contributed by atoms with Crippen molar-refractivity contribution in [2.75, 3.05) is 5.32 Å². The second-order valence-electron chi connectivity index (χ2n) is 4.78. The molecule has 1 aliphatic carbocycles. The SMILES string of the molecule is NC1CCCCC1Nc1nc(Cl)nc2[nH]ccc12. The van der Waals surface area contributed by atoms with Crippen LogP contribution in [0.5, 0.6) is 0 Å². The van der Waals surface area contributed by atoms with Crippen molar-refractivity contribution in [1.82, 2.24) is 15.0 Å². The van der Waals surface area contributed by atoms with Gasteiger partial charge >= 0.3 is 0 Å². The molecule has 2 atom stereocenters. The molecule has 2 unspecified atom stereocenters. The first-order valence-corrected chi connectivity index (χ1v) is 6.64. The topological polar surface area (TPSA) is 79.6 Å². The molecule has 0 aromatic carbocycles. The van der Waals surface area contributed by atoms with E-state index in [0.29, 0.717) is 0 Å². The highest BCUT2D eigenvalue weighted by Crippen LogP contribution is 2.25. The second kappa shape index (κ2) is 4.74. The standard InChI is InChI=1S/C12H16ClN5/c13-12-17-10-7(5-6-15-10)11(18-12)16-9-4-2-1-3-8(9)14/h5-6,8-9H,1-4,14H2,(H2,15,16,17,18). The van der Waals surface area contributed by atoms with Gasteiger partial charge in [-0.15, -0.1) is 0 Å². The highest BCUT2D eigenvalue weighted by atomic mass is 35.5. The summed E-state index contributed by atoms with van der Waals surface area (Å²) in [5, 5.41) is 4.62. The summed E-state index contributed by atoms with van der Waals surface area (Å²) in [7, 11) is 0. The van der Waals surface area contributed by atoms with Crippen molar-refractivity contribution in [1.29, 1.82) is 0 Å². The molecule has 0 radical (unpaired) electrons. The molecule has 1 fully saturated rings. The number of halogens is 1. The minimum atomic E-state index is 0.182. The average Bonchev–Trinajstić information content (AvgIpc) is 2.80. The van der Waals surface area contributed by atoms with Gasteiger partial charge in [-0.05, 0) is 30.5 Å². The largest absolute Gasteiger partial charge is 0.365 e. The van der Waals surface area contributed by atoms with Gasteiger partial charge in [-0.2, -0.15) is 4.98 Å². The van der Waals surface area contributed by atoms with Crippen molar-refractivity contribution in [3.8, 4) is 0 Å². The predicted octanol–water partition coefficient (Wildman–Crippen LogP) is 2.29. The monoisotopic (exact) mass is 265 g/mol. The molecule has 0 bridgehead atoms. The number of nitrogens with one attached hydrogen (secondary N) is 2. The Bertz CT molecular complexity index is 552. The van der Waals surface area contributed by atoms with Crippen molar-refractivity contribution in [3.63, 3.8) is 0 Å². The van der Waals surface area contributed by atoms with E-state index in [4.69, 9.17) is 17.3 Å². The van der Waals surface area contributed by atoms with Gasteiger partial charge in [-0.1, -0.05) is 12.8 Å². The maximum absolute atomic E-state index is 6.14. The highest BCUT2D eigenvalue weighted by Gasteiger charge is 2.22. The third-order valence-corrected chi connectivity index (χ3v) is 3.70. The molecule has 6 heteroatoms. The van der Waals surface area contributed by atoms with Crippen LogP contribution in [0.25, 0.3) is 11.0 Å². The Balaban J connectivity index is 1.91. The lowest BCUT2D eigenvalue weighted by atomic mass is 9.91. The van der Waals surface area contributed by atoms with Crippen LogP contribution in [0.3, 0.4) is 0 Å². The van der Waals surface area contributed by atoms with E-state index in [2.05, 4.69) is 20.3 Å². The van der Waals surface area contributed by atoms with Gasteiger partial charge in [0.2, 0.25) is 5.28 Å². The van der Waals surface area contributed by atoms with Crippen LogP contribution < -0.4 is 11.1 Å². The molecular formula is C12H16ClN5. The van der Waals surface area contributed by atoms with Crippen molar-refractivity contribution in [2.45, 2.75) is 37.8 Å². The van der Waals surface area contributed by atoms with Crippen LogP contribution in [-0.4, -0.2) is 27.0 Å². The molecule has 5 nitrogen and oxygen atoms in total. The van der Waals surface area contributed by atoms with Gasteiger partial charge in [-0.25, -0.2) is 4.98 Å². The molecule has 0 saturated heterocycles. The smallest absolute Gasteiger partial charge is 0.226 e. The van der Waals surface area contributed by atoms with Gasteiger partial charge in [0.1, 0.15) is 11.5 Å². The third kappa shape index (κ3) is 2.15. The molecule has 96 valence electrons. The molecule has 0 spiro atoms. The number of rotatable bonds is 2. The van der Waals surface area contributed by atoms with Crippen molar-refractivity contribution in [3.05, 3.63) is 17.5 Å². The van der Waals surface area contributed by atoms with Crippen molar-refractivity contribution < 1.29 is 0 Å². The average molecular weight is 266 g/mol.